The smallest absolute Gasteiger partial charge is 0.155 e. The second-order valence-corrected chi connectivity index (χ2v) is 7.12. The Morgan fingerprint density at radius 3 is 2.76 bits per heavy atom. The van der Waals surface area contributed by atoms with E-state index in [4.69, 9.17) is 23.2 Å². The predicted molar refractivity (Wildman–Crippen MR) is 101 cm³/mol. The lowest BCUT2D eigenvalue weighted by atomic mass is 9.75. The maximum Gasteiger partial charge on any atom is 0.155 e. The predicted octanol–water partition coefficient (Wildman–Crippen LogP) is 5.62. The van der Waals surface area contributed by atoms with Crippen molar-refractivity contribution in [3.05, 3.63) is 81.6 Å². The Hall–Kier alpha value is -2.36. The number of hydrogen-bond donors (Lipinski definition) is 1. The van der Waals surface area contributed by atoms with Gasteiger partial charge in [-0.25, -0.2) is 4.98 Å². The minimum Gasteiger partial charge on any atom is -0.261 e. The lowest BCUT2D eigenvalue weighted by Crippen LogP contribution is -2.13. The van der Waals surface area contributed by atoms with Crippen LogP contribution < -0.4 is 0 Å². The normalized spacial score (nSPS) is 15.8. The van der Waals surface area contributed by atoms with Crippen LogP contribution in [0, 0.1) is 0 Å². The first-order chi connectivity index (χ1) is 12.2. The van der Waals surface area contributed by atoms with Gasteiger partial charge in [-0.15, -0.1) is 0 Å². The van der Waals surface area contributed by atoms with Gasteiger partial charge in [0, 0.05) is 17.5 Å². The van der Waals surface area contributed by atoms with E-state index in [0.717, 1.165) is 17.5 Å². The second-order valence-electron chi connectivity index (χ2n) is 6.31. The van der Waals surface area contributed by atoms with Gasteiger partial charge in [0.15, 0.2) is 5.65 Å². The van der Waals surface area contributed by atoms with E-state index < -0.39 is 0 Å². The average Bonchev–Trinajstić information content (AvgIpc) is 3.12. The zero-order valence-corrected chi connectivity index (χ0v) is 14.6. The molecule has 0 saturated heterocycles. The molecule has 0 saturated carbocycles. The van der Waals surface area contributed by atoms with Crippen LogP contribution in [-0.4, -0.2) is 15.2 Å². The van der Waals surface area contributed by atoms with Crippen molar-refractivity contribution in [3.63, 3.8) is 0 Å². The Labute approximate surface area is 154 Å². The van der Waals surface area contributed by atoms with E-state index in [0.29, 0.717) is 10.0 Å². The van der Waals surface area contributed by atoms with Crippen LogP contribution in [-0.2, 0) is 6.42 Å². The molecule has 122 valence electrons. The number of nitrogens with zero attached hydrogens (tertiary/aromatic N) is 2. The summed E-state index contributed by atoms with van der Waals surface area (Å²) in [5.41, 5.74) is 6.96. The SMILES string of the molecule is Clc1ccc(C2Cc3cnc4[nH]ncc4c3-c3ccccc32)cc1Cl. The van der Waals surface area contributed by atoms with Crippen molar-refractivity contribution >= 4 is 34.2 Å². The molecule has 0 spiro atoms. The highest BCUT2D eigenvalue weighted by Crippen LogP contribution is 2.45. The van der Waals surface area contributed by atoms with Crippen molar-refractivity contribution in [1.82, 2.24) is 15.2 Å². The summed E-state index contributed by atoms with van der Waals surface area (Å²) in [5.74, 6) is 0.226. The summed E-state index contributed by atoms with van der Waals surface area (Å²) in [4.78, 5) is 4.52. The molecule has 1 unspecified atom stereocenters. The molecule has 0 radical (unpaired) electrons. The van der Waals surface area contributed by atoms with E-state index in [2.05, 4.69) is 45.5 Å². The van der Waals surface area contributed by atoms with Gasteiger partial charge in [0.25, 0.3) is 0 Å². The van der Waals surface area contributed by atoms with Gasteiger partial charge in [-0.05, 0) is 46.4 Å². The van der Waals surface area contributed by atoms with Crippen LogP contribution in [0.3, 0.4) is 0 Å². The van der Waals surface area contributed by atoms with E-state index in [1.165, 1.54) is 27.8 Å². The van der Waals surface area contributed by atoms with E-state index in [-0.39, 0.29) is 5.92 Å². The Morgan fingerprint density at radius 1 is 1.00 bits per heavy atom. The second kappa shape index (κ2) is 5.58. The topological polar surface area (TPSA) is 41.6 Å². The maximum absolute atomic E-state index is 6.27. The largest absolute Gasteiger partial charge is 0.261 e. The third-order valence-electron chi connectivity index (χ3n) is 4.93. The van der Waals surface area contributed by atoms with Crippen LogP contribution in [0.4, 0.5) is 0 Å². The highest BCUT2D eigenvalue weighted by Gasteiger charge is 2.28. The first-order valence-corrected chi connectivity index (χ1v) is 8.83. The minimum atomic E-state index is 0.226. The van der Waals surface area contributed by atoms with Gasteiger partial charge < -0.3 is 0 Å². The molecule has 0 bridgehead atoms. The summed E-state index contributed by atoms with van der Waals surface area (Å²) >= 11 is 12.4. The molecule has 2 aromatic carbocycles. The third-order valence-corrected chi connectivity index (χ3v) is 5.67. The molecule has 0 fully saturated rings. The van der Waals surface area contributed by atoms with Crippen LogP contribution in [0.15, 0.2) is 54.9 Å². The zero-order chi connectivity index (χ0) is 17.0. The molecule has 1 aliphatic carbocycles. The van der Waals surface area contributed by atoms with Crippen molar-refractivity contribution < 1.29 is 0 Å². The average molecular weight is 366 g/mol. The molecule has 2 aromatic heterocycles. The van der Waals surface area contributed by atoms with Gasteiger partial charge in [0.05, 0.1) is 16.2 Å². The number of hydrogen-bond acceptors (Lipinski definition) is 2. The molecule has 0 aliphatic heterocycles. The van der Waals surface area contributed by atoms with Gasteiger partial charge in [-0.2, -0.15) is 5.10 Å². The van der Waals surface area contributed by atoms with Crippen molar-refractivity contribution in [3.8, 4) is 11.1 Å². The molecule has 1 N–H and O–H groups in total. The number of aromatic amines is 1. The number of H-pyrrole nitrogens is 1. The van der Waals surface area contributed by atoms with Crippen molar-refractivity contribution in [2.75, 3.05) is 0 Å². The molecule has 2 heterocycles. The van der Waals surface area contributed by atoms with Crippen molar-refractivity contribution in [2.24, 2.45) is 0 Å². The number of rotatable bonds is 1. The lowest BCUT2D eigenvalue weighted by Gasteiger charge is -2.28. The third kappa shape index (κ3) is 2.27. The Kier molecular flexibility index (Phi) is 3.34. The summed E-state index contributed by atoms with van der Waals surface area (Å²) in [5, 5.41) is 9.36. The van der Waals surface area contributed by atoms with Crippen LogP contribution in [0.5, 0.6) is 0 Å². The molecule has 1 aliphatic rings. The molecule has 25 heavy (non-hydrogen) atoms. The molecule has 4 aromatic rings. The highest BCUT2D eigenvalue weighted by atomic mass is 35.5. The molecule has 5 heteroatoms. The fourth-order valence-electron chi connectivity index (χ4n) is 3.80. The molecule has 3 nitrogen and oxygen atoms in total. The molecule has 5 rings (SSSR count). The number of benzene rings is 2. The Bertz CT molecular complexity index is 1120. The lowest BCUT2D eigenvalue weighted by molar-refractivity contribution is 0.792. The molecular formula is C20H13Cl2N3. The van der Waals surface area contributed by atoms with E-state index in [9.17, 15) is 0 Å². The molecular weight excluding hydrogens is 353 g/mol. The number of pyridine rings is 1. The van der Waals surface area contributed by atoms with Crippen LogP contribution >= 0.6 is 23.2 Å². The van der Waals surface area contributed by atoms with Gasteiger partial charge >= 0.3 is 0 Å². The molecule has 1 atom stereocenters. The number of nitrogens with one attached hydrogen (secondary N) is 1. The van der Waals surface area contributed by atoms with Crippen molar-refractivity contribution in [1.29, 1.82) is 0 Å². The summed E-state index contributed by atoms with van der Waals surface area (Å²) in [6.45, 7) is 0. The number of halogens is 2. The van der Waals surface area contributed by atoms with Gasteiger partial charge in [0.2, 0.25) is 0 Å². The van der Waals surface area contributed by atoms with Gasteiger partial charge in [-0.1, -0.05) is 53.5 Å². The first-order valence-electron chi connectivity index (χ1n) is 8.07. The summed E-state index contributed by atoms with van der Waals surface area (Å²) in [6.07, 6.45) is 4.69. The maximum atomic E-state index is 6.27. The Morgan fingerprint density at radius 2 is 1.88 bits per heavy atom. The highest BCUT2D eigenvalue weighted by molar-refractivity contribution is 6.42. The van der Waals surface area contributed by atoms with Crippen LogP contribution in [0.2, 0.25) is 10.0 Å². The fraction of sp³-hybridized carbons (Fsp3) is 0.100. The van der Waals surface area contributed by atoms with Crippen molar-refractivity contribution in [2.45, 2.75) is 12.3 Å². The molecule has 0 amide bonds. The van der Waals surface area contributed by atoms with Crippen LogP contribution in [0.25, 0.3) is 22.2 Å². The summed E-state index contributed by atoms with van der Waals surface area (Å²) in [7, 11) is 0. The number of aromatic nitrogens is 3. The standard InChI is InChI=1S/C20H13Cl2N3/c21-17-6-5-11(8-18(17)22)15-7-12-9-23-20-16(10-24-25-20)19(12)14-4-2-1-3-13(14)15/h1-6,8-10,15H,7H2,(H,23,24,25). The first kappa shape index (κ1) is 14.9. The van der Waals surface area contributed by atoms with Gasteiger partial charge in [0.1, 0.15) is 0 Å². The zero-order valence-electron chi connectivity index (χ0n) is 13.1. The number of fused-ring (bicyclic) bond motifs is 5. The summed E-state index contributed by atoms with van der Waals surface area (Å²) < 4.78 is 0. The van der Waals surface area contributed by atoms with Crippen LogP contribution in [0.1, 0.15) is 22.6 Å². The fourth-order valence-corrected chi connectivity index (χ4v) is 4.10. The Balaban J connectivity index is 1.76. The van der Waals surface area contributed by atoms with Gasteiger partial charge in [-0.3, -0.25) is 5.10 Å². The van der Waals surface area contributed by atoms with E-state index in [1.54, 1.807) is 0 Å². The van der Waals surface area contributed by atoms with E-state index in [1.807, 2.05) is 24.5 Å². The monoisotopic (exact) mass is 365 g/mol. The minimum absolute atomic E-state index is 0.226. The quantitative estimate of drug-likeness (QED) is 0.475. The van der Waals surface area contributed by atoms with E-state index >= 15 is 0 Å². The summed E-state index contributed by atoms with van der Waals surface area (Å²) in [6, 6.07) is 14.4.